The number of thioether (sulfide) groups is 1. The molecule has 0 radical (unpaired) electrons. The van der Waals surface area contributed by atoms with Crippen LogP contribution in [0.3, 0.4) is 0 Å². The summed E-state index contributed by atoms with van der Waals surface area (Å²) in [5, 5.41) is 11.5. The number of benzene rings is 1. The van der Waals surface area contributed by atoms with Gasteiger partial charge in [0.1, 0.15) is 0 Å². The van der Waals surface area contributed by atoms with Crippen LogP contribution in [0, 0.1) is 0 Å². The van der Waals surface area contributed by atoms with Crippen LogP contribution in [0.5, 0.6) is 0 Å². The van der Waals surface area contributed by atoms with Crippen molar-refractivity contribution in [1.29, 1.82) is 0 Å². The van der Waals surface area contributed by atoms with Crippen LogP contribution in [0.15, 0.2) is 65.7 Å². The number of thiophene rings is 1. The standard InChI is InChI=1S/C21H22N4OS2/c1-2-12-25-20(16-8-4-3-5-9-16)22-23-21(25)28-15-19(26)24-13-6-10-17(24)18-11-7-14-27-18/h2-5,7-9,11,14,17H,1,6,10,12-13,15H2. The second-order valence-electron chi connectivity index (χ2n) is 6.62. The molecule has 7 heteroatoms. The van der Waals surface area contributed by atoms with Crippen LogP contribution in [0.25, 0.3) is 11.4 Å². The van der Waals surface area contributed by atoms with E-state index in [1.165, 1.54) is 16.6 Å². The molecular formula is C21H22N4OS2. The summed E-state index contributed by atoms with van der Waals surface area (Å²) >= 11 is 3.18. The average molecular weight is 411 g/mol. The van der Waals surface area contributed by atoms with E-state index in [-0.39, 0.29) is 11.9 Å². The summed E-state index contributed by atoms with van der Waals surface area (Å²) in [6, 6.07) is 14.4. The number of carbonyl (C=O) groups is 1. The van der Waals surface area contributed by atoms with E-state index in [0.29, 0.717) is 12.3 Å². The SMILES string of the molecule is C=CCn1c(SCC(=O)N2CCCC2c2cccs2)nnc1-c1ccccc1. The zero-order valence-electron chi connectivity index (χ0n) is 15.5. The van der Waals surface area contributed by atoms with E-state index in [0.717, 1.165) is 35.9 Å². The largest absolute Gasteiger partial charge is 0.334 e. The van der Waals surface area contributed by atoms with Gasteiger partial charge in [-0.05, 0) is 24.3 Å². The average Bonchev–Trinajstić information content (AvgIpc) is 3.47. The van der Waals surface area contributed by atoms with Gasteiger partial charge in [-0.1, -0.05) is 54.2 Å². The molecule has 0 spiro atoms. The highest BCUT2D eigenvalue weighted by Gasteiger charge is 2.30. The molecule has 1 unspecified atom stereocenters. The Morgan fingerprint density at radius 2 is 2.11 bits per heavy atom. The molecule has 2 aromatic heterocycles. The van der Waals surface area contributed by atoms with Crippen molar-refractivity contribution in [3.63, 3.8) is 0 Å². The van der Waals surface area contributed by atoms with Crippen molar-refractivity contribution in [2.75, 3.05) is 12.3 Å². The smallest absolute Gasteiger partial charge is 0.233 e. The van der Waals surface area contributed by atoms with Gasteiger partial charge in [0.15, 0.2) is 11.0 Å². The lowest BCUT2D eigenvalue weighted by molar-refractivity contribution is -0.129. The van der Waals surface area contributed by atoms with Crippen LogP contribution in [0.1, 0.15) is 23.8 Å². The number of nitrogens with zero attached hydrogens (tertiary/aromatic N) is 4. The highest BCUT2D eigenvalue weighted by molar-refractivity contribution is 7.99. The zero-order valence-corrected chi connectivity index (χ0v) is 17.2. The van der Waals surface area contributed by atoms with Crippen LogP contribution < -0.4 is 0 Å². The Hall–Kier alpha value is -2.38. The van der Waals surface area contributed by atoms with Crippen molar-refractivity contribution in [2.24, 2.45) is 0 Å². The lowest BCUT2D eigenvalue weighted by Crippen LogP contribution is -2.31. The summed E-state index contributed by atoms with van der Waals surface area (Å²) in [6.45, 7) is 5.28. The summed E-state index contributed by atoms with van der Waals surface area (Å²) in [5.74, 6) is 1.33. The molecule has 1 aliphatic heterocycles. The highest BCUT2D eigenvalue weighted by atomic mass is 32.2. The van der Waals surface area contributed by atoms with Crippen LogP contribution in [0.2, 0.25) is 0 Å². The van der Waals surface area contributed by atoms with Gasteiger partial charge in [-0.3, -0.25) is 9.36 Å². The predicted molar refractivity (Wildman–Crippen MR) is 114 cm³/mol. The third-order valence-electron chi connectivity index (χ3n) is 4.83. The maximum Gasteiger partial charge on any atom is 0.233 e. The van der Waals surface area contributed by atoms with E-state index in [2.05, 4.69) is 34.3 Å². The summed E-state index contributed by atoms with van der Waals surface area (Å²) < 4.78 is 2.01. The van der Waals surface area contributed by atoms with Crippen molar-refractivity contribution < 1.29 is 4.79 Å². The molecule has 0 bridgehead atoms. The minimum absolute atomic E-state index is 0.162. The van der Waals surface area contributed by atoms with Gasteiger partial charge in [-0.25, -0.2) is 0 Å². The molecule has 5 nitrogen and oxygen atoms in total. The van der Waals surface area contributed by atoms with E-state index in [1.54, 1.807) is 11.3 Å². The fourth-order valence-electron chi connectivity index (χ4n) is 3.54. The lowest BCUT2D eigenvalue weighted by Gasteiger charge is -2.23. The Kier molecular flexibility index (Phi) is 5.92. The molecule has 4 rings (SSSR count). The summed E-state index contributed by atoms with van der Waals surface area (Å²) in [7, 11) is 0. The quantitative estimate of drug-likeness (QED) is 0.420. The fourth-order valence-corrected chi connectivity index (χ4v) is 5.25. The van der Waals surface area contributed by atoms with Gasteiger partial charge in [0.25, 0.3) is 0 Å². The first-order valence-electron chi connectivity index (χ1n) is 9.33. The molecule has 3 aromatic rings. The highest BCUT2D eigenvalue weighted by Crippen LogP contribution is 2.35. The van der Waals surface area contributed by atoms with Crippen LogP contribution in [-0.4, -0.2) is 37.9 Å². The maximum absolute atomic E-state index is 12.9. The summed E-state index contributed by atoms with van der Waals surface area (Å²) in [6.07, 6.45) is 3.93. The number of aromatic nitrogens is 3. The monoisotopic (exact) mass is 410 g/mol. The van der Waals surface area contributed by atoms with Gasteiger partial charge in [0.05, 0.1) is 11.8 Å². The zero-order chi connectivity index (χ0) is 19.3. The molecule has 3 heterocycles. The van der Waals surface area contributed by atoms with Crippen molar-refractivity contribution in [2.45, 2.75) is 30.6 Å². The van der Waals surface area contributed by atoms with Crippen molar-refractivity contribution in [3.8, 4) is 11.4 Å². The molecular weight excluding hydrogens is 388 g/mol. The number of hydrogen-bond donors (Lipinski definition) is 0. The number of rotatable bonds is 7. The third kappa shape index (κ3) is 3.91. The molecule has 144 valence electrons. The fraction of sp³-hybridized carbons (Fsp3) is 0.286. The van der Waals surface area contributed by atoms with Crippen molar-refractivity contribution in [1.82, 2.24) is 19.7 Å². The van der Waals surface area contributed by atoms with Gasteiger partial charge in [0.2, 0.25) is 5.91 Å². The van der Waals surface area contributed by atoms with Crippen molar-refractivity contribution in [3.05, 3.63) is 65.4 Å². The Morgan fingerprint density at radius 1 is 1.25 bits per heavy atom. The van der Waals surface area contributed by atoms with Crippen LogP contribution >= 0.6 is 23.1 Å². The van der Waals surface area contributed by atoms with E-state index in [1.807, 2.05) is 45.9 Å². The summed E-state index contributed by atoms with van der Waals surface area (Å²) in [5.41, 5.74) is 1.01. The normalized spacial score (nSPS) is 16.4. The number of amides is 1. The number of carbonyl (C=O) groups excluding carboxylic acids is 1. The first kappa shape index (κ1) is 19.0. The van der Waals surface area contributed by atoms with Gasteiger partial charge in [-0.15, -0.1) is 28.1 Å². The first-order chi connectivity index (χ1) is 13.8. The molecule has 1 saturated heterocycles. The minimum atomic E-state index is 0.162. The Bertz CT molecular complexity index is 937. The topological polar surface area (TPSA) is 51.0 Å². The third-order valence-corrected chi connectivity index (χ3v) is 6.76. The molecule has 28 heavy (non-hydrogen) atoms. The minimum Gasteiger partial charge on any atom is -0.334 e. The Labute approximate surface area is 173 Å². The molecule has 1 fully saturated rings. The van der Waals surface area contributed by atoms with Gasteiger partial charge >= 0.3 is 0 Å². The second kappa shape index (κ2) is 8.75. The van der Waals surface area contributed by atoms with Crippen LogP contribution in [-0.2, 0) is 11.3 Å². The van der Waals surface area contributed by atoms with E-state index < -0.39 is 0 Å². The van der Waals surface area contributed by atoms with E-state index >= 15 is 0 Å². The van der Waals surface area contributed by atoms with Gasteiger partial charge in [-0.2, -0.15) is 0 Å². The Balaban J connectivity index is 1.48. The number of allylic oxidation sites excluding steroid dienone is 1. The first-order valence-corrected chi connectivity index (χ1v) is 11.2. The van der Waals surface area contributed by atoms with E-state index in [9.17, 15) is 4.79 Å². The predicted octanol–water partition coefficient (Wildman–Crippen LogP) is 4.65. The summed E-state index contributed by atoms with van der Waals surface area (Å²) in [4.78, 5) is 16.2. The Morgan fingerprint density at radius 3 is 2.86 bits per heavy atom. The molecule has 0 saturated carbocycles. The molecule has 1 atom stereocenters. The molecule has 1 aliphatic rings. The van der Waals surface area contributed by atoms with Crippen LogP contribution in [0.4, 0.5) is 0 Å². The number of hydrogen-bond acceptors (Lipinski definition) is 5. The molecule has 1 aromatic carbocycles. The second-order valence-corrected chi connectivity index (χ2v) is 8.54. The van der Waals surface area contributed by atoms with Gasteiger partial charge in [0, 0.05) is 23.5 Å². The molecule has 1 amide bonds. The lowest BCUT2D eigenvalue weighted by atomic mass is 10.2. The molecule has 0 aliphatic carbocycles. The number of likely N-dealkylation sites (tertiary alicyclic amines) is 1. The van der Waals surface area contributed by atoms with Gasteiger partial charge < -0.3 is 4.90 Å². The van der Waals surface area contributed by atoms with E-state index in [4.69, 9.17) is 0 Å². The van der Waals surface area contributed by atoms with Crippen molar-refractivity contribution >= 4 is 29.0 Å². The maximum atomic E-state index is 12.9. The molecule has 0 N–H and O–H groups in total.